The second-order valence-electron chi connectivity index (χ2n) is 11.1. The van der Waals surface area contributed by atoms with Gasteiger partial charge in [-0.15, -0.1) is 0 Å². The number of hydrogen-bond acceptors (Lipinski definition) is 2. The van der Waals surface area contributed by atoms with Crippen LogP contribution in [0.1, 0.15) is 175 Å². The van der Waals surface area contributed by atoms with Gasteiger partial charge in [0.05, 0.1) is 0 Å². The van der Waals surface area contributed by atoms with Crippen LogP contribution < -0.4 is 0 Å². The molecule has 0 radical (unpaired) electrons. The first-order valence-electron chi connectivity index (χ1n) is 16.0. The monoisotopic (exact) mass is 477 g/mol. The third kappa shape index (κ3) is 16.9. The van der Waals surface area contributed by atoms with Gasteiger partial charge in [0.15, 0.2) is 0 Å². The molecule has 2 heteroatoms. The molecule has 0 aromatic heterocycles. The SMILES string of the molecule is CCCCCCCCCCCCCCCCCN1C=CN(CCCCC)C1CCCCCCC. The van der Waals surface area contributed by atoms with Crippen molar-refractivity contribution in [3.8, 4) is 0 Å². The summed E-state index contributed by atoms with van der Waals surface area (Å²) in [6.45, 7) is 9.45. The van der Waals surface area contributed by atoms with Crippen molar-refractivity contribution in [3.63, 3.8) is 0 Å². The summed E-state index contributed by atoms with van der Waals surface area (Å²) in [5.41, 5.74) is 0. The molecule has 1 aliphatic heterocycles. The summed E-state index contributed by atoms with van der Waals surface area (Å²) in [4.78, 5) is 5.33. The summed E-state index contributed by atoms with van der Waals surface area (Å²) in [6, 6.07) is 0. The molecule has 0 N–H and O–H groups in total. The quantitative estimate of drug-likeness (QED) is 0.114. The van der Waals surface area contributed by atoms with Crippen LogP contribution >= 0.6 is 0 Å². The predicted molar refractivity (Wildman–Crippen MR) is 154 cm³/mol. The van der Waals surface area contributed by atoms with Crippen molar-refractivity contribution in [2.24, 2.45) is 0 Å². The third-order valence-electron chi connectivity index (χ3n) is 7.82. The lowest BCUT2D eigenvalue weighted by atomic mass is 10.0. The van der Waals surface area contributed by atoms with Gasteiger partial charge in [-0.05, 0) is 25.7 Å². The minimum Gasteiger partial charge on any atom is -0.356 e. The number of hydrogen-bond donors (Lipinski definition) is 0. The summed E-state index contributed by atoms with van der Waals surface area (Å²) < 4.78 is 0. The Morgan fingerprint density at radius 1 is 0.382 bits per heavy atom. The van der Waals surface area contributed by atoms with E-state index in [9.17, 15) is 0 Å². The molecule has 0 aliphatic carbocycles. The molecule has 0 aromatic rings. The Bertz CT molecular complexity index is 433. The summed E-state index contributed by atoms with van der Waals surface area (Å²) in [5.74, 6) is 0. The maximum atomic E-state index is 2.67. The molecule has 1 rings (SSSR count). The summed E-state index contributed by atoms with van der Waals surface area (Å²) in [7, 11) is 0. The molecule has 202 valence electrons. The highest BCUT2D eigenvalue weighted by Gasteiger charge is 2.24. The van der Waals surface area contributed by atoms with Gasteiger partial charge in [0.25, 0.3) is 0 Å². The van der Waals surface area contributed by atoms with Crippen molar-refractivity contribution in [3.05, 3.63) is 12.4 Å². The van der Waals surface area contributed by atoms with Crippen LogP contribution in [-0.2, 0) is 0 Å². The molecular weight excluding hydrogens is 412 g/mol. The molecule has 0 amide bonds. The summed E-state index contributed by atoms with van der Waals surface area (Å²) in [5, 5.41) is 0. The van der Waals surface area contributed by atoms with Crippen molar-refractivity contribution < 1.29 is 0 Å². The average molecular weight is 477 g/mol. The van der Waals surface area contributed by atoms with Gasteiger partial charge in [0.1, 0.15) is 6.17 Å². The van der Waals surface area contributed by atoms with E-state index >= 15 is 0 Å². The van der Waals surface area contributed by atoms with Gasteiger partial charge in [0.2, 0.25) is 0 Å². The van der Waals surface area contributed by atoms with Crippen LogP contribution in [0.5, 0.6) is 0 Å². The Balaban J connectivity index is 2.05. The Kier molecular flexibility index (Phi) is 22.2. The first-order chi connectivity index (χ1) is 16.8. The summed E-state index contributed by atoms with van der Waals surface area (Å²) in [6.07, 6.45) is 39.6. The molecule has 0 aromatic carbocycles. The Labute approximate surface area is 216 Å². The minimum atomic E-state index is 0.644. The molecule has 2 nitrogen and oxygen atoms in total. The largest absolute Gasteiger partial charge is 0.356 e. The standard InChI is InChI=1S/C32H64N2/c1-4-7-10-12-13-14-15-16-17-18-19-20-21-23-26-29-34-31-30-33(28-25-9-6-3)32(34)27-24-22-11-8-5-2/h30-32H,4-29H2,1-3H3. The van der Waals surface area contributed by atoms with Crippen LogP contribution in [0.3, 0.4) is 0 Å². The number of unbranched alkanes of at least 4 members (excludes halogenated alkanes) is 20. The van der Waals surface area contributed by atoms with Crippen molar-refractivity contribution in [2.45, 2.75) is 181 Å². The van der Waals surface area contributed by atoms with E-state index in [0.717, 1.165) is 0 Å². The van der Waals surface area contributed by atoms with Gasteiger partial charge < -0.3 is 9.80 Å². The first kappa shape index (κ1) is 31.4. The fourth-order valence-corrected chi connectivity index (χ4v) is 5.48. The van der Waals surface area contributed by atoms with E-state index in [0.29, 0.717) is 6.17 Å². The lowest BCUT2D eigenvalue weighted by Crippen LogP contribution is -2.39. The van der Waals surface area contributed by atoms with Crippen molar-refractivity contribution in [1.82, 2.24) is 9.80 Å². The topological polar surface area (TPSA) is 6.48 Å². The van der Waals surface area contributed by atoms with Crippen LogP contribution in [0, 0.1) is 0 Å². The van der Waals surface area contributed by atoms with Crippen LogP contribution in [0.25, 0.3) is 0 Å². The fraction of sp³-hybridized carbons (Fsp3) is 0.938. The zero-order chi connectivity index (χ0) is 24.5. The van der Waals surface area contributed by atoms with Gasteiger partial charge in [-0.3, -0.25) is 0 Å². The molecule has 1 unspecified atom stereocenters. The maximum Gasteiger partial charge on any atom is 0.101 e. The lowest BCUT2D eigenvalue weighted by molar-refractivity contribution is 0.135. The van der Waals surface area contributed by atoms with Crippen molar-refractivity contribution in [1.29, 1.82) is 0 Å². The highest BCUT2D eigenvalue weighted by Crippen LogP contribution is 2.23. The molecule has 1 heterocycles. The van der Waals surface area contributed by atoms with Crippen molar-refractivity contribution >= 4 is 0 Å². The van der Waals surface area contributed by atoms with Gasteiger partial charge in [-0.25, -0.2) is 0 Å². The van der Waals surface area contributed by atoms with Gasteiger partial charge in [-0.1, -0.05) is 149 Å². The molecular formula is C32H64N2. The zero-order valence-corrected chi connectivity index (χ0v) is 24.0. The van der Waals surface area contributed by atoms with Gasteiger partial charge in [-0.2, -0.15) is 0 Å². The second-order valence-corrected chi connectivity index (χ2v) is 11.1. The second kappa shape index (κ2) is 24.1. The van der Waals surface area contributed by atoms with Crippen LogP contribution in [0.2, 0.25) is 0 Å². The van der Waals surface area contributed by atoms with Crippen LogP contribution in [0.15, 0.2) is 12.4 Å². The average Bonchev–Trinajstić information content (AvgIpc) is 3.23. The van der Waals surface area contributed by atoms with Crippen LogP contribution in [-0.4, -0.2) is 29.1 Å². The molecule has 1 atom stereocenters. The number of rotatable bonds is 26. The predicted octanol–water partition coefficient (Wildman–Crippen LogP) is 10.8. The molecule has 1 aliphatic rings. The Morgan fingerprint density at radius 2 is 0.676 bits per heavy atom. The molecule has 0 bridgehead atoms. The zero-order valence-electron chi connectivity index (χ0n) is 24.0. The third-order valence-corrected chi connectivity index (χ3v) is 7.82. The van der Waals surface area contributed by atoms with Gasteiger partial charge >= 0.3 is 0 Å². The highest BCUT2D eigenvalue weighted by atomic mass is 15.4. The van der Waals surface area contributed by atoms with Crippen LogP contribution in [0.4, 0.5) is 0 Å². The fourth-order valence-electron chi connectivity index (χ4n) is 5.48. The van der Waals surface area contributed by atoms with E-state index in [1.54, 1.807) is 0 Å². The molecule has 0 spiro atoms. The molecule has 34 heavy (non-hydrogen) atoms. The van der Waals surface area contributed by atoms with E-state index in [-0.39, 0.29) is 0 Å². The lowest BCUT2D eigenvalue weighted by Gasteiger charge is -2.33. The van der Waals surface area contributed by atoms with E-state index in [1.807, 2.05) is 0 Å². The maximum absolute atomic E-state index is 2.67. The molecule has 0 saturated heterocycles. The highest BCUT2D eigenvalue weighted by molar-refractivity contribution is 4.96. The first-order valence-corrected chi connectivity index (χ1v) is 16.0. The van der Waals surface area contributed by atoms with E-state index in [4.69, 9.17) is 0 Å². The normalized spacial score (nSPS) is 15.7. The smallest absolute Gasteiger partial charge is 0.101 e. The van der Waals surface area contributed by atoms with E-state index in [1.165, 1.54) is 167 Å². The minimum absolute atomic E-state index is 0.644. The van der Waals surface area contributed by atoms with E-state index < -0.39 is 0 Å². The van der Waals surface area contributed by atoms with Gasteiger partial charge in [0, 0.05) is 25.5 Å². The van der Waals surface area contributed by atoms with E-state index in [2.05, 4.69) is 43.0 Å². The molecule has 0 saturated carbocycles. The number of nitrogens with zero attached hydrogens (tertiary/aromatic N) is 2. The van der Waals surface area contributed by atoms with Crippen molar-refractivity contribution in [2.75, 3.05) is 13.1 Å². The Morgan fingerprint density at radius 3 is 1.09 bits per heavy atom. The molecule has 0 fully saturated rings. The Hall–Kier alpha value is -0.660. The summed E-state index contributed by atoms with van der Waals surface area (Å²) >= 11 is 0.